The number of thiazole rings is 1. The molecule has 1 aliphatic heterocycles. The Hall–Kier alpha value is -2.64. The van der Waals surface area contributed by atoms with Crippen molar-refractivity contribution in [2.75, 3.05) is 26.2 Å². The molecule has 0 unspecified atom stereocenters. The molecule has 0 saturated carbocycles. The van der Waals surface area contributed by atoms with E-state index < -0.39 is 6.10 Å². The number of furan rings is 1. The molecule has 1 saturated heterocycles. The average Bonchev–Trinajstić information content (AvgIpc) is 3.40. The van der Waals surface area contributed by atoms with E-state index in [-0.39, 0.29) is 5.91 Å². The maximum Gasteiger partial charge on any atom is 0.263 e. The molecule has 1 fully saturated rings. The Morgan fingerprint density at radius 1 is 1.18 bits per heavy atom. The van der Waals surface area contributed by atoms with E-state index in [9.17, 15) is 4.79 Å². The van der Waals surface area contributed by atoms with Crippen molar-refractivity contribution < 1.29 is 13.9 Å². The highest BCUT2D eigenvalue weighted by Gasteiger charge is 2.26. The Bertz CT molecular complexity index is 887. The van der Waals surface area contributed by atoms with E-state index in [0.717, 1.165) is 41.8 Å². The predicted molar refractivity (Wildman–Crippen MR) is 108 cm³/mol. The number of rotatable bonds is 6. The largest absolute Gasteiger partial charge is 0.481 e. The predicted octanol–water partition coefficient (Wildman–Crippen LogP) is 3.51. The van der Waals surface area contributed by atoms with Crippen LogP contribution >= 0.6 is 11.3 Å². The second kappa shape index (κ2) is 8.58. The summed E-state index contributed by atoms with van der Waals surface area (Å²) in [6.07, 6.45) is 1.18. The van der Waals surface area contributed by atoms with E-state index in [0.29, 0.717) is 13.1 Å². The van der Waals surface area contributed by atoms with Gasteiger partial charge >= 0.3 is 0 Å². The molecule has 6 nitrogen and oxygen atoms in total. The zero-order chi connectivity index (χ0) is 19.3. The summed E-state index contributed by atoms with van der Waals surface area (Å²) in [6.45, 7) is 5.69. The van der Waals surface area contributed by atoms with E-state index >= 15 is 0 Å². The van der Waals surface area contributed by atoms with Crippen LogP contribution in [0.25, 0.3) is 11.5 Å². The van der Waals surface area contributed by atoms with Crippen LogP contribution in [-0.4, -0.2) is 53.0 Å². The molecule has 2 aromatic heterocycles. The van der Waals surface area contributed by atoms with Crippen molar-refractivity contribution in [3.05, 3.63) is 59.1 Å². The van der Waals surface area contributed by atoms with Crippen molar-refractivity contribution in [2.45, 2.75) is 19.6 Å². The van der Waals surface area contributed by atoms with Crippen LogP contribution in [-0.2, 0) is 11.3 Å². The molecule has 7 heteroatoms. The molecular weight excluding hydrogens is 374 g/mol. The molecule has 1 aliphatic rings. The monoisotopic (exact) mass is 397 g/mol. The lowest BCUT2D eigenvalue weighted by atomic mass is 10.2. The van der Waals surface area contributed by atoms with Gasteiger partial charge in [-0.15, -0.1) is 11.3 Å². The van der Waals surface area contributed by atoms with Gasteiger partial charge in [0.2, 0.25) is 0 Å². The average molecular weight is 398 g/mol. The highest BCUT2D eigenvalue weighted by Crippen LogP contribution is 2.23. The molecule has 1 aromatic carbocycles. The summed E-state index contributed by atoms with van der Waals surface area (Å²) in [5.74, 6) is 1.56. The normalized spacial score (nSPS) is 16.1. The van der Waals surface area contributed by atoms with Gasteiger partial charge in [-0.2, -0.15) is 0 Å². The van der Waals surface area contributed by atoms with Crippen LogP contribution in [0, 0.1) is 0 Å². The first kappa shape index (κ1) is 18.7. The van der Waals surface area contributed by atoms with Gasteiger partial charge in [-0.05, 0) is 31.2 Å². The third-order valence-corrected chi connectivity index (χ3v) is 5.61. The minimum absolute atomic E-state index is 0.0397. The standard InChI is InChI=1S/C21H23N3O3S/c1-16(27-17-6-3-2-4-7-17)21(25)24-11-9-23(10-12-24)14-20-22-18(15-28-20)19-8-5-13-26-19/h2-8,13,15-16H,9-12,14H2,1H3/t16-/m1/s1. The van der Waals surface area contributed by atoms with Crippen LogP contribution in [0.15, 0.2) is 58.5 Å². The molecule has 4 rings (SSSR count). The van der Waals surface area contributed by atoms with Crippen LogP contribution in [0.3, 0.4) is 0 Å². The number of benzene rings is 1. The molecule has 3 heterocycles. The van der Waals surface area contributed by atoms with Gasteiger partial charge in [0, 0.05) is 31.6 Å². The van der Waals surface area contributed by atoms with Crippen molar-refractivity contribution in [2.24, 2.45) is 0 Å². The second-order valence-electron chi connectivity index (χ2n) is 6.78. The SMILES string of the molecule is C[C@@H](Oc1ccccc1)C(=O)N1CCN(Cc2nc(-c3ccco3)cs2)CC1. The summed E-state index contributed by atoms with van der Waals surface area (Å²) < 4.78 is 11.2. The molecule has 146 valence electrons. The van der Waals surface area contributed by atoms with Crippen LogP contribution < -0.4 is 4.74 Å². The fourth-order valence-corrected chi connectivity index (χ4v) is 4.07. The Morgan fingerprint density at radius 3 is 2.68 bits per heavy atom. The zero-order valence-corrected chi connectivity index (χ0v) is 16.6. The molecular formula is C21H23N3O3S. The molecule has 0 bridgehead atoms. The molecule has 0 aliphatic carbocycles. The minimum atomic E-state index is -0.483. The van der Waals surface area contributed by atoms with Gasteiger partial charge in [-0.3, -0.25) is 9.69 Å². The van der Waals surface area contributed by atoms with Gasteiger partial charge in [0.15, 0.2) is 11.9 Å². The maximum absolute atomic E-state index is 12.7. The topological polar surface area (TPSA) is 58.8 Å². The number of carbonyl (C=O) groups excluding carboxylic acids is 1. The summed E-state index contributed by atoms with van der Waals surface area (Å²) in [7, 11) is 0. The molecule has 28 heavy (non-hydrogen) atoms. The van der Waals surface area contributed by atoms with Gasteiger partial charge in [0.05, 0.1) is 12.8 Å². The van der Waals surface area contributed by atoms with E-state index in [2.05, 4.69) is 9.88 Å². The van der Waals surface area contributed by atoms with E-state index in [4.69, 9.17) is 9.15 Å². The molecule has 1 amide bonds. The summed E-state index contributed by atoms with van der Waals surface area (Å²) in [5, 5.41) is 3.09. The van der Waals surface area contributed by atoms with E-state index in [1.165, 1.54) is 0 Å². The molecule has 0 radical (unpaired) electrons. The van der Waals surface area contributed by atoms with Crippen LogP contribution in [0.1, 0.15) is 11.9 Å². The van der Waals surface area contributed by atoms with E-state index in [1.807, 2.05) is 59.7 Å². The second-order valence-corrected chi connectivity index (χ2v) is 7.72. The lowest BCUT2D eigenvalue weighted by molar-refractivity contribution is -0.139. The van der Waals surface area contributed by atoms with E-state index in [1.54, 1.807) is 17.6 Å². The van der Waals surface area contributed by atoms with Gasteiger partial charge in [-0.25, -0.2) is 4.98 Å². The lowest BCUT2D eigenvalue weighted by Crippen LogP contribution is -2.51. The number of hydrogen-bond acceptors (Lipinski definition) is 6. The van der Waals surface area contributed by atoms with Gasteiger partial charge in [-0.1, -0.05) is 18.2 Å². The minimum Gasteiger partial charge on any atom is -0.481 e. The quantitative estimate of drug-likeness (QED) is 0.637. The van der Waals surface area contributed by atoms with Crippen molar-refractivity contribution in [3.63, 3.8) is 0 Å². The number of carbonyl (C=O) groups is 1. The lowest BCUT2D eigenvalue weighted by Gasteiger charge is -2.35. The summed E-state index contributed by atoms with van der Waals surface area (Å²) in [4.78, 5) is 21.5. The first-order valence-electron chi connectivity index (χ1n) is 9.40. The zero-order valence-electron chi connectivity index (χ0n) is 15.8. The Morgan fingerprint density at radius 2 is 1.96 bits per heavy atom. The number of nitrogens with zero attached hydrogens (tertiary/aromatic N) is 3. The Balaban J connectivity index is 1.27. The molecule has 0 N–H and O–H groups in total. The fraction of sp³-hybridized carbons (Fsp3) is 0.333. The van der Waals surface area contributed by atoms with Crippen LogP contribution in [0.5, 0.6) is 5.75 Å². The van der Waals surface area contributed by atoms with Gasteiger partial charge < -0.3 is 14.1 Å². The number of aromatic nitrogens is 1. The molecule has 0 spiro atoms. The number of amides is 1. The van der Waals surface area contributed by atoms with Gasteiger partial charge in [0.1, 0.15) is 16.5 Å². The number of piperazine rings is 1. The summed E-state index contributed by atoms with van der Waals surface area (Å²) in [6, 6.07) is 13.3. The fourth-order valence-electron chi connectivity index (χ4n) is 3.25. The van der Waals surface area contributed by atoms with Gasteiger partial charge in [0.25, 0.3) is 5.91 Å². The highest BCUT2D eigenvalue weighted by molar-refractivity contribution is 7.09. The number of hydrogen-bond donors (Lipinski definition) is 0. The Kier molecular flexibility index (Phi) is 5.73. The Labute approximate surface area is 168 Å². The van der Waals surface area contributed by atoms with Crippen LogP contribution in [0.4, 0.5) is 0 Å². The first-order valence-corrected chi connectivity index (χ1v) is 10.3. The van der Waals surface area contributed by atoms with Crippen LogP contribution in [0.2, 0.25) is 0 Å². The van der Waals surface area contributed by atoms with Crippen molar-refractivity contribution in [3.8, 4) is 17.2 Å². The smallest absolute Gasteiger partial charge is 0.263 e. The third-order valence-electron chi connectivity index (χ3n) is 4.77. The van der Waals surface area contributed by atoms with Crippen molar-refractivity contribution >= 4 is 17.2 Å². The first-order chi connectivity index (χ1) is 13.7. The summed E-state index contributed by atoms with van der Waals surface area (Å²) >= 11 is 1.64. The summed E-state index contributed by atoms with van der Waals surface area (Å²) in [5.41, 5.74) is 0.880. The highest BCUT2D eigenvalue weighted by atomic mass is 32.1. The molecule has 3 aromatic rings. The van der Waals surface area contributed by atoms with Crippen molar-refractivity contribution in [1.82, 2.24) is 14.8 Å². The molecule has 1 atom stereocenters. The van der Waals surface area contributed by atoms with Crippen molar-refractivity contribution in [1.29, 1.82) is 0 Å². The number of ether oxygens (including phenoxy) is 1. The maximum atomic E-state index is 12.7. The third kappa shape index (κ3) is 4.43. The number of para-hydroxylation sites is 1.